The van der Waals surface area contributed by atoms with Gasteiger partial charge in [-0.15, -0.1) is 0 Å². The van der Waals surface area contributed by atoms with Crippen molar-refractivity contribution in [1.29, 1.82) is 0 Å². The molecule has 2 heteroatoms. The third kappa shape index (κ3) is 2.18. The Hall–Kier alpha value is -0.0800. The highest BCUT2D eigenvalue weighted by atomic mass is 16.3. The van der Waals surface area contributed by atoms with Crippen molar-refractivity contribution in [3.8, 4) is 0 Å². The van der Waals surface area contributed by atoms with Gasteiger partial charge in [0.1, 0.15) is 0 Å². The molecule has 0 saturated heterocycles. The Kier molecular flexibility index (Phi) is 3.08. The van der Waals surface area contributed by atoms with Crippen molar-refractivity contribution in [2.45, 2.75) is 13.0 Å². The van der Waals surface area contributed by atoms with E-state index in [-0.39, 0.29) is 12.6 Å². The molecule has 0 fully saturated rings. The number of hydrogen-bond donors (Lipinski definition) is 2. The van der Waals surface area contributed by atoms with Gasteiger partial charge in [0, 0.05) is 13.1 Å². The molecule has 2 N–H and O–H groups in total. The summed E-state index contributed by atoms with van der Waals surface area (Å²) in [5, 5.41) is 10.8. The molecule has 0 bridgehead atoms. The van der Waals surface area contributed by atoms with Crippen LogP contribution in [0.3, 0.4) is 0 Å². The molecule has 0 aromatic heterocycles. The van der Waals surface area contributed by atoms with Crippen molar-refractivity contribution in [2.75, 3.05) is 6.61 Å². The van der Waals surface area contributed by atoms with E-state index in [1.54, 1.807) is 0 Å². The third-order valence-electron chi connectivity index (χ3n) is 0.622. The average Bonchev–Trinajstić information content (AvgIpc) is 1.65. The van der Waals surface area contributed by atoms with Gasteiger partial charge in [-0.1, -0.05) is 0 Å². The molecule has 0 saturated carbocycles. The van der Waals surface area contributed by atoms with Gasteiger partial charge >= 0.3 is 0 Å². The monoisotopic (exact) mass is 88.1 g/mol. The fourth-order valence-corrected chi connectivity index (χ4v) is 0.0645. The molecule has 37 valence electrons. The second-order valence-electron chi connectivity index (χ2n) is 1.29. The van der Waals surface area contributed by atoms with Crippen LogP contribution >= 0.6 is 0 Å². The van der Waals surface area contributed by atoms with Gasteiger partial charge in [-0.25, -0.2) is 0 Å². The van der Waals surface area contributed by atoms with Crippen LogP contribution in [0.5, 0.6) is 0 Å². The van der Waals surface area contributed by atoms with E-state index in [1.165, 1.54) is 0 Å². The van der Waals surface area contributed by atoms with Gasteiger partial charge in [0.25, 0.3) is 0 Å². The molecule has 0 heterocycles. The van der Waals surface area contributed by atoms with E-state index in [4.69, 9.17) is 5.11 Å². The molecule has 6 heavy (non-hydrogen) atoms. The molecule has 0 aliphatic rings. The summed E-state index contributed by atoms with van der Waals surface area (Å²) >= 11 is 0. The lowest BCUT2D eigenvalue weighted by Gasteiger charge is -2.01. The van der Waals surface area contributed by atoms with Gasteiger partial charge in [-0.3, -0.25) is 0 Å². The van der Waals surface area contributed by atoms with E-state index in [2.05, 4.69) is 12.4 Å². The number of aliphatic hydroxyl groups excluding tert-OH is 1. The Morgan fingerprint density at radius 3 is 2.50 bits per heavy atom. The van der Waals surface area contributed by atoms with Gasteiger partial charge in [-0.05, 0) is 6.92 Å². The first-order valence-corrected chi connectivity index (χ1v) is 1.94. The van der Waals surface area contributed by atoms with E-state index in [9.17, 15) is 0 Å². The van der Waals surface area contributed by atoms with Gasteiger partial charge in [0.15, 0.2) is 0 Å². The highest BCUT2D eigenvalue weighted by Gasteiger charge is 1.88. The molecule has 1 atom stereocenters. The van der Waals surface area contributed by atoms with Crippen LogP contribution in [0.25, 0.3) is 0 Å². The first kappa shape index (κ1) is 5.92. The minimum Gasteiger partial charge on any atom is -0.395 e. The van der Waals surface area contributed by atoms with Crippen LogP contribution in [0.2, 0.25) is 0 Å². The van der Waals surface area contributed by atoms with Crippen LogP contribution in [-0.2, 0) is 0 Å². The maximum absolute atomic E-state index is 8.23. The molecular weight excluding hydrogens is 78.0 g/mol. The summed E-state index contributed by atoms with van der Waals surface area (Å²) in [5.74, 6) is 0. The number of hydrogen-bond acceptors (Lipinski definition) is 2. The predicted molar refractivity (Wildman–Crippen MR) is 25.0 cm³/mol. The molecule has 0 rings (SSSR count). The lowest BCUT2D eigenvalue weighted by atomic mass is 10.4. The zero-order valence-electron chi connectivity index (χ0n) is 3.94. The minimum atomic E-state index is 0.130. The van der Waals surface area contributed by atoms with Crippen molar-refractivity contribution in [3.05, 3.63) is 7.05 Å². The molecule has 0 amide bonds. The molecule has 1 radical (unpaired) electrons. The summed E-state index contributed by atoms with van der Waals surface area (Å²) in [6.45, 7) is 2.01. The van der Waals surface area contributed by atoms with Crippen LogP contribution in [0.15, 0.2) is 0 Å². The maximum atomic E-state index is 8.23. The van der Waals surface area contributed by atoms with Crippen molar-refractivity contribution >= 4 is 0 Å². The van der Waals surface area contributed by atoms with Gasteiger partial charge in [0.2, 0.25) is 0 Å². The smallest absolute Gasteiger partial charge is 0.0581 e. The van der Waals surface area contributed by atoms with Crippen molar-refractivity contribution < 1.29 is 5.11 Å². The largest absolute Gasteiger partial charge is 0.395 e. The summed E-state index contributed by atoms with van der Waals surface area (Å²) < 4.78 is 0. The van der Waals surface area contributed by atoms with Crippen LogP contribution in [0.1, 0.15) is 6.92 Å². The zero-order valence-corrected chi connectivity index (χ0v) is 3.94. The second kappa shape index (κ2) is 3.12. The van der Waals surface area contributed by atoms with Gasteiger partial charge in [0.05, 0.1) is 6.61 Å². The molecular formula is C4H10NO. The Bertz CT molecular complexity index is 26.7. The van der Waals surface area contributed by atoms with Crippen LogP contribution < -0.4 is 5.32 Å². The summed E-state index contributed by atoms with van der Waals surface area (Å²) in [7, 11) is 3.35. The molecule has 2 nitrogen and oxygen atoms in total. The summed E-state index contributed by atoms with van der Waals surface area (Å²) in [4.78, 5) is 0. The molecule has 0 aromatic carbocycles. The lowest BCUT2D eigenvalue weighted by molar-refractivity contribution is 0.261. The Labute approximate surface area is 38.2 Å². The first-order valence-electron chi connectivity index (χ1n) is 1.94. The number of rotatable bonds is 2. The SMILES string of the molecule is [CH2]N[C@@H](C)CO. The third-order valence-corrected chi connectivity index (χ3v) is 0.622. The fraction of sp³-hybridized carbons (Fsp3) is 0.750. The maximum Gasteiger partial charge on any atom is 0.0581 e. The minimum absolute atomic E-state index is 0.130. The first-order chi connectivity index (χ1) is 2.81. The van der Waals surface area contributed by atoms with Crippen LogP contribution in [0.4, 0.5) is 0 Å². The van der Waals surface area contributed by atoms with E-state index >= 15 is 0 Å². The Morgan fingerprint density at radius 1 is 2.00 bits per heavy atom. The fourth-order valence-electron chi connectivity index (χ4n) is 0.0645. The normalized spacial score (nSPS) is 14.5. The summed E-state index contributed by atoms with van der Waals surface area (Å²) in [6.07, 6.45) is 0. The molecule has 0 aliphatic carbocycles. The van der Waals surface area contributed by atoms with Gasteiger partial charge in [-0.2, -0.15) is 0 Å². The van der Waals surface area contributed by atoms with E-state index in [1.807, 2.05) is 6.92 Å². The quantitative estimate of drug-likeness (QED) is 0.488. The van der Waals surface area contributed by atoms with E-state index < -0.39 is 0 Å². The standard InChI is InChI=1S/C4H10NO/c1-4(3-6)5-2/h4-6H,2-3H2,1H3/t4-/m0/s1. The average molecular weight is 88.1 g/mol. The molecule has 0 aliphatic heterocycles. The van der Waals surface area contributed by atoms with Crippen molar-refractivity contribution in [1.82, 2.24) is 5.32 Å². The lowest BCUT2D eigenvalue weighted by Crippen LogP contribution is -2.22. The highest BCUT2D eigenvalue weighted by Crippen LogP contribution is 1.71. The van der Waals surface area contributed by atoms with Crippen LogP contribution in [0, 0.1) is 7.05 Å². The van der Waals surface area contributed by atoms with Crippen molar-refractivity contribution in [2.24, 2.45) is 0 Å². The summed E-state index contributed by atoms with van der Waals surface area (Å²) in [6, 6.07) is 0.130. The number of aliphatic hydroxyl groups is 1. The molecule has 0 aromatic rings. The van der Waals surface area contributed by atoms with E-state index in [0.717, 1.165) is 0 Å². The summed E-state index contributed by atoms with van der Waals surface area (Å²) in [5.41, 5.74) is 0. The molecule has 0 spiro atoms. The topological polar surface area (TPSA) is 32.3 Å². The number of nitrogens with one attached hydrogen (secondary N) is 1. The molecule has 0 unspecified atom stereocenters. The highest BCUT2D eigenvalue weighted by molar-refractivity contribution is 4.53. The predicted octanol–water partition coefficient (Wildman–Crippen LogP) is -0.252. The Balaban J connectivity index is 2.75. The Morgan fingerprint density at radius 2 is 2.50 bits per heavy atom. The second-order valence-corrected chi connectivity index (χ2v) is 1.29. The zero-order chi connectivity index (χ0) is 4.99. The van der Waals surface area contributed by atoms with Crippen LogP contribution in [-0.4, -0.2) is 17.8 Å². The van der Waals surface area contributed by atoms with Gasteiger partial charge < -0.3 is 10.4 Å². The van der Waals surface area contributed by atoms with E-state index in [0.29, 0.717) is 0 Å². The van der Waals surface area contributed by atoms with Crippen molar-refractivity contribution in [3.63, 3.8) is 0 Å².